The molecular formula is C17H16FN3. The SMILES string of the molecule is Cc1nc(-c2ccc(F)c3ccccc23)ncc1[C@H](C)N. The van der Waals surface area contributed by atoms with Crippen molar-refractivity contribution in [2.75, 3.05) is 0 Å². The zero-order valence-electron chi connectivity index (χ0n) is 12.0. The highest BCUT2D eigenvalue weighted by Gasteiger charge is 2.12. The lowest BCUT2D eigenvalue weighted by Gasteiger charge is -2.11. The fourth-order valence-electron chi connectivity index (χ4n) is 2.51. The molecule has 0 unspecified atom stereocenters. The van der Waals surface area contributed by atoms with Crippen molar-refractivity contribution in [3.8, 4) is 11.4 Å². The Balaban J connectivity index is 2.22. The zero-order chi connectivity index (χ0) is 15.0. The normalized spacial score (nSPS) is 12.6. The minimum absolute atomic E-state index is 0.107. The molecule has 3 rings (SSSR count). The molecule has 0 fully saturated rings. The van der Waals surface area contributed by atoms with Crippen LogP contribution in [0.5, 0.6) is 0 Å². The lowest BCUT2D eigenvalue weighted by molar-refractivity contribution is 0.640. The van der Waals surface area contributed by atoms with Gasteiger partial charge in [0, 0.05) is 34.4 Å². The molecule has 106 valence electrons. The van der Waals surface area contributed by atoms with Crippen LogP contribution in [0.4, 0.5) is 4.39 Å². The van der Waals surface area contributed by atoms with E-state index in [0.717, 1.165) is 22.2 Å². The van der Waals surface area contributed by atoms with Gasteiger partial charge < -0.3 is 5.73 Å². The molecule has 0 amide bonds. The highest BCUT2D eigenvalue weighted by Crippen LogP contribution is 2.28. The molecule has 1 heterocycles. The van der Waals surface area contributed by atoms with Crippen LogP contribution in [-0.4, -0.2) is 9.97 Å². The lowest BCUT2D eigenvalue weighted by Crippen LogP contribution is -2.09. The number of aryl methyl sites for hydroxylation is 1. The van der Waals surface area contributed by atoms with Gasteiger partial charge in [-0.1, -0.05) is 24.3 Å². The average Bonchev–Trinajstić information content (AvgIpc) is 2.47. The van der Waals surface area contributed by atoms with Gasteiger partial charge in [-0.2, -0.15) is 0 Å². The zero-order valence-corrected chi connectivity index (χ0v) is 12.0. The van der Waals surface area contributed by atoms with Crippen molar-refractivity contribution in [2.45, 2.75) is 19.9 Å². The van der Waals surface area contributed by atoms with Gasteiger partial charge in [-0.25, -0.2) is 14.4 Å². The summed E-state index contributed by atoms with van der Waals surface area (Å²) < 4.78 is 13.9. The summed E-state index contributed by atoms with van der Waals surface area (Å²) in [6.07, 6.45) is 1.75. The molecule has 0 saturated carbocycles. The van der Waals surface area contributed by atoms with Crippen LogP contribution in [-0.2, 0) is 0 Å². The number of benzene rings is 2. The summed E-state index contributed by atoms with van der Waals surface area (Å²) in [6, 6.07) is 10.4. The van der Waals surface area contributed by atoms with Crippen molar-refractivity contribution in [3.05, 3.63) is 59.7 Å². The van der Waals surface area contributed by atoms with E-state index in [1.807, 2.05) is 32.0 Å². The third-order valence-electron chi connectivity index (χ3n) is 3.62. The first kappa shape index (κ1) is 13.6. The Morgan fingerprint density at radius 2 is 1.81 bits per heavy atom. The first-order valence-corrected chi connectivity index (χ1v) is 6.84. The number of fused-ring (bicyclic) bond motifs is 1. The molecule has 21 heavy (non-hydrogen) atoms. The molecule has 0 aliphatic carbocycles. The smallest absolute Gasteiger partial charge is 0.160 e. The minimum atomic E-state index is -0.238. The highest BCUT2D eigenvalue weighted by atomic mass is 19.1. The molecule has 0 saturated heterocycles. The van der Waals surface area contributed by atoms with Gasteiger partial charge in [0.2, 0.25) is 0 Å². The summed E-state index contributed by atoms with van der Waals surface area (Å²) in [5, 5.41) is 1.39. The molecule has 3 aromatic rings. The third kappa shape index (κ3) is 2.38. The second-order valence-electron chi connectivity index (χ2n) is 5.16. The number of nitrogens with two attached hydrogens (primary N) is 1. The molecule has 4 heteroatoms. The van der Waals surface area contributed by atoms with E-state index in [2.05, 4.69) is 9.97 Å². The summed E-state index contributed by atoms with van der Waals surface area (Å²) in [5.41, 5.74) is 8.48. The van der Waals surface area contributed by atoms with Crippen LogP contribution in [0.2, 0.25) is 0 Å². The largest absolute Gasteiger partial charge is 0.324 e. The Morgan fingerprint density at radius 3 is 2.48 bits per heavy atom. The lowest BCUT2D eigenvalue weighted by atomic mass is 10.0. The topological polar surface area (TPSA) is 51.8 Å². The van der Waals surface area contributed by atoms with E-state index in [1.54, 1.807) is 18.3 Å². The Hall–Kier alpha value is -2.33. The third-order valence-corrected chi connectivity index (χ3v) is 3.62. The molecule has 0 spiro atoms. The second kappa shape index (κ2) is 5.22. The van der Waals surface area contributed by atoms with Gasteiger partial charge in [0.1, 0.15) is 5.82 Å². The predicted molar refractivity (Wildman–Crippen MR) is 82.3 cm³/mol. The quantitative estimate of drug-likeness (QED) is 0.778. The van der Waals surface area contributed by atoms with Gasteiger partial charge in [-0.15, -0.1) is 0 Å². The maximum absolute atomic E-state index is 13.9. The first-order chi connectivity index (χ1) is 10.1. The van der Waals surface area contributed by atoms with Gasteiger partial charge in [-0.3, -0.25) is 0 Å². The molecule has 0 aliphatic rings. The molecule has 0 aliphatic heterocycles. The number of rotatable bonds is 2. The summed E-state index contributed by atoms with van der Waals surface area (Å²) in [5.74, 6) is 0.353. The molecule has 2 N–H and O–H groups in total. The molecule has 1 aromatic heterocycles. The maximum Gasteiger partial charge on any atom is 0.160 e. The van der Waals surface area contributed by atoms with E-state index in [9.17, 15) is 4.39 Å². The Labute approximate surface area is 122 Å². The van der Waals surface area contributed by atoms with Crippen LogP contribution in [0.25, 0.3) is 22.2 Å². The Kier molecular flexibility index (Phi) is 3.39. The predicted octanol–water partition coefficient (Wildman–Crippen LogP) is 3.76. The van der Waals surface area contributed by atoms with Crippen molar-refractivity contribution < 1.29 is 4.39 Å². The number of nitrogens with zero attached hydrogens (tertiary/aromatic N) is 2. The molecule has 0 radical (unpaired) electrons. The number of halogens is 1. The summed E-state index contributed by atoms with van der Waals surface area (Å²) in [6.45, 7) is 3.81. The summed E-state index contributed by atoms with van der Waals surface area (Å²) >= 11 is 0. The Morgan fingerprint density at radius 1 is 1.10 bits per heavy atom. The van der Waals surface area contributed by atoms with Gasteiger partial charge in [0.15, 0.2) is 5.82 Å². The van der Waals surface area contributed by atoms with Gasteiger partial charge in [0.25, 0.3) is 0 Å². The van der Waals surface area contributed by atoms with Crippen LogP contribution in [0.3, 0.4) is 0 Å². The van der Waals surface area contributed by atoms with Crippen LogP contribution < -0.4 is 5.73 Å². The fraction of sp³-hybridized carbons (Fsp3) is 0.176. The summed E-state index contributed by atoms with van der Waals surface area (Å²) in [4.78, 5) is 8.93. The molecule has 1 atom stereocenters. The van der Waals surface area contributed by atoms with E-state index in [0.29, 0.717) is 11.2 Å². The van der Waals surface area contributed by atoms with E-state index in [1.165, 1.54) is 6.07 Å². The van der Waals surface area contributed by atoms with E-state index in [4.69, 9.17) is 5.73 Å². The highest BCUT2D eigenvalue weighted by molar-refractivity contribution is 5.95. The first-order valence-electron chi connectivity index (χ1n) is 6.84. The van der Waals surface area contributed by atoms with Gasteiger partial charge >= 0.3 is 0 Å². The van der Waals surface area contributed by atoms with Crippen molar-refractivity contribution in [3.63, 3.8) is 0 Å². The van der Waals surface area contributed by atoms with Crippen LogP contribution in [0.15, 0.2) is 42.6 Å². The van der Waals surface area contributed by atoms with E-state index >= 15 is 0 Å². The maximum atomic E-state index is 13.9. The van der Waals surface area contributed by atoms with E-state index in [-0.39, 0.29) is 11.9 Å². The number of aromatic nitrogens is 2. The molecule has 3 nitrogen and oxygen atoms in total. The number of hydrogen-bond donors (Lipinski definition) is 1. The Bertz CT molecular complexity index is 812. The molecule has 2 aromatic carbocycles. The fourth-order valence-corrected chi connectivity index (χ4v) is 2.51. The van der Waals surface area contributed by atoms with Crippen molar-refractivity contribution >= 4 is 10.8 Å². The molecule has 0 bridgehead atoms. The monoisotopic (exact) mass is 281 g/mol. The van der Waals surface area contributed by atoms with Crippen molar-refractivity contribution in [1.29, 1.82) is 0 Å². The van der Waals surface area contributed by atoms with Crippen LogP contribution >= 0.6 is 0 Å². The van der Waals surface area contributed by atoms with Crippen molar-refractivity contribution in [2.24, 2.45) is 5.73 Å². The van der Waals surface area contributed by atoms with E-state index < -0.39 is 0 Å². The van der Waals surface area contributed by atoms with Crippen LogP contribution in [0, 0.1) is 12.7 Å². The minimum Gasteiger partial charge on any atom is -0.324 e. The standard InChI is InChI=1S/C17H16FN3/c1-10(19)15-9-20-17(21-11(15)2)14-7-8-16(18)13-6-4-3-5-12(13)14/h3-10H,19H2,1-2H3/t10-/m0/s1. The molecular weight excluding hydrogens is 265 g/mol. The number of hydrogen-bond acceptors (Lipinski definition) is 3. The van der Waals surface area contributed by atoms with Crippen LogP contribution in [0.1, 0.15) is 24.2 Å². The summed E-state index contributed by atoms with van der Waals surface area (Å²) in [7, 11) is 0. The van der Waals surface area contributed by atoms with Gasteiger partial charge in [-0.05, 0) is 31.4 Å². The van der Waals surface area contributed by atoms with Gasteiger partial charge in [0.05, 0.1) is 0 Å². The van der Waals surface area contributed by atoms with Crippen molar-refractivity contribution in [1.82, 2.24) is 9.97 Å². The average molecular weight is 281 g/mol. The second-order valence-corrected chi connectivity index (χ2v) is 5.16.